The van der Waals surface area contributed by atoms with E-state index in [9.17, 15) is 4.79 Å². The van der Waals surface area contributed by atoms with Crippen molar-refractivity contribution in [1.82, 2.24) is 4.98 Å². The number of hydrogen-bond acceptors (Lipinski definition) is 4. The number of pyridine rings is 1. The molecule has 19 heavy (non-hydrogen) atoms. The lowest BCUT2D eigenvalue weighted by Gasteiger charge is -2.12. The number of carbonyl (C=O) groups is 1. The van der Waals surface area contributed by atoms with Crippen molar-refractivity contribution in [3.63, 3.8) is 0 Å². The minimum atomic E-state index is -0.169. The number of ether oxygens (including phenoxy) is 1. The topological polar surface area (TPSA) is 51.2 Å². The van der Waals surface area contributed by atoms with E-state index < -0.39 is 0 Å². The smallest absolute Gasteiger partial charge is 0.265 e. The molecule has 2 heterocycles. The van der Waals surface area contributed by atoms with E-state index in [1.54, 1.807) is 24.4 Å². The van der Waals surface area contributed by atoms with E-state index in [0.29, 0.717) is 16.4 Å². The molecule has 0 saturated heterocycles. The molecule has 0 spiro atoms. The van der Waals surface area contributed by atoms with Gasteiger partial charge in [-0.1, -0.05) is 0 Å². The maximum Gasteiger partial charge on any atom is 0.265 e. The summed E-state index contributed by atoms with van der Waals surface area (Å²) in [5, 5.41) is 2.81. The lowest BCUT2D eigenvalue weighted by Crippen LogP contribution is -2.14. The number of anilines is 1. The predicted molar refractivity (Wildman–Crippen MR) is 80.0 cm³/mol. The van der Waals surface area contributed by atoms with Crippen molar-refractivity contribution < 1.29 is 9.53 Å². The Hall–Kier alpha value is -1.40. The fourth-order valence-corrected chi connectivity index (χ4v) is 2.70. The van der Waals surface area contributed by atoms with Crippen molar-refractivity contribution in [1.29, 1.82) is 0 Å². The number of aromatic nitrogens is 1. The van der Waals surface area contributed by atoms with Crippen LogP contribution in [0.5, 0.6) is 5.88 Å². The fraction of sp³-hybridized carbons (Fsp3) is 0.231. The molecule has 0 bridgehead atoms. The molecule has 0 saturated carbocycles. The van der Waals surface area contributed by atoms with E-state index in [2.05, 4.69) is 26.2 Å². The molecule has 2 rings (SSSR count). The Morgan fingerprint density at radius 2 is 2.21 bits per heavy atom. The largest absolute Gasteiger partial charge is 0.473 e. The molecule has 0 radical (unpaired) electrons. The summed E-state index contributed by atoms with van der Waals surface area (Å²) in [5.74, 6) is 0.263. The SMILES string of the molecule is CC(C)Oc1ncccc1NC(=O)c1ccc(Br)s1. The highest BCUT2D eigenvalue weighted by Gasteiger charge is 2.13. The second-order valence-corrected chi connectivity index (χ2v) is 6.54. The van der Waals surface area contributed by atoms with Crippen LogP contribution in [0.1, 0.15) is 23.5 Å². The third-order valence-corrected chi connectivity index (χ3v) is 3.79. The maximum absolute atomic E-state index is 12.1. The normalized spacial score (nSPS) is 10.5. The molecule has 0 fully saturated rings. The number of hydrogen-bond donors (Lipinski definition) is 1. The van der Waals surface area contributed by atoms with Crippen LogP contribution < -0.4 is 10.1 Å². The van der Waals surface area contributed by atoms with Crippen LogP contribution in [-0.2, 0) is 0 Å². The van der Waals surface area contributed by atoms with Crippen LogP contribution in [0.4, 0.5) is 5.69 Å². The van der Waals surface area contributed by atoms with Crippen molar-refractivity contribution in [2.45, 2.75) is 20.0 Å². The van der Waals surface area contributed by atoms with Gasteiger partial charge in [0.15, 0.2) is 0 Å². The van der Waals surface area contributed by atoms with Crippen LogP contribution >= 0.6 is 27.3 Å². The Bertz CT molecular complexity index is 584. The summed E-state index contributed by atoms with van der Waals surface area (Å²) in [7, 11) is 0. The van der Waals surface area contributed by atoms with Gasteiger partial charge < -0.3 is 10.1 Å². The first-order valence-corrected chi connectivity index (χ1v) is 7.35. The summed E-state index contributed by atoms with van der Waals surface area (Å²) in [4.78, 5) is 16.8. The summed E-state index contributed by atoms with van der Waals surface area (Å²) in [6, 6.07) is 7.14. The molecule has 0 aliphatic carbocycles. The van der Waals surface area contributed by atoms with Crippen LogP contribution in [-0.4, -0.2) is 17.0 Å². The fourth-order valence-electron chi connectivity index (χ4n) is 1.42. The highest BCUT2D eigenvalue weighted by atomic mass is 79.9. The summed E-state index contributed by atoms with van der Waals surface area (Å²) in [6.07, 6.45) is 1.64. The second-order valence-electron chi connectivity index (χ2n) is 4.08. The minimum absolute atomic E-state index is 0.00133. The molecule has 2 aromatic rings. The molecule has 4 nitrogen and oxygen atoms in total. The number of carbonyl (C=O) groups excluding carboxylic acids is 1. The first-order valence-electron chi connectivity index (χ1n) is 5.74. The van der Waals surface area contributed by atoms with Gasteiger partial charge >= 0.3 is 0 Å². The maximum atomic E-state index is 12.1. The van der Waals surface area contributed by atoms with Gasteiger partial charge in [0.25, 0.3) is 5.91 Å². The highest BCUT2D eigenvalue weighted by molar-refractivity contribution is 9.11. The van der Waals surface area contributed by atoms with E-state index in [0.717, 1.165) is 3.79 Å². The van der Waals surface area contributed by atoms with Gasteiger partial charge in [-0.3, -0.25) is 4.79 Å². The Morgan fingerprint density at radius 3 is 2.84 bits per heavy atom. The van der Waals surface area contributed by atoms with Crippen LogP contribution in [0, 0.1) is 0 Å². The number of halogens is 1. The number of rotatable bonds is 4. The molecule has 0 aromatic carbocycles. The van der Waals surface area contributed by atoms with Crippen molar-refractivity contribution in [3.05, 3.63) is 39.1 Å². The number of thiophene rings is 1. The van der Waals surface area contributed by atoms with Crippen molar-refractivity contribution >= 4 is 38.9 Å². The van der Waals surface area contributed by atoms with E-state index >= 15 is 0 Å². The van der Waals surface area contributed by atoms with Gasteiger partial charge in [-0.15, -0.1) is 11.3 Å². The molecule has 100 valence electrons. The van der Waals surface area contributed by atoms with Gasteiger partial charge in [0, 0.05) is 6.20 Å². The Labute approximate surface area is 124 Å². The summed E-state index contributed by atoms with van der Waals surface area (Å²) in [6.45, 7) is 3.83. The standard InChI is InChI=1S/C13H13BrN2O2S/c1-8(2)18-13-9(4-3-7-15-13)16-12(17)10-5-6-11(14)19-10/h3-8H,1-2H3,(H,16,17). The van der Waals surface area contributed by atoms with Crippen LogP contribution in [0.25, 0.3) is 0 Å². The first kappa shape index (κ1) is 14.0. The highest BCUT2D eigenvalue weighted by Crippen LogP contribution is 2.26. The number of nitrogens with zero attached hydrogens (tertiary/aromatic N) is 1. The molecule has 0 atom stereocenters. The van der Waals surface area contributed by atoms with Crippen LogP contribution in [0.15, 0.2) is 34.2 Å². The third kappa shape index (κ3) is 3.78. The van der Waals surface area contributed by atoms with Gasteiger partial charge in [-0.25, -0.2) is 4.98 Å². The van der Waals surface area contributed by atoms with E-state index in [4.69, 9.17) is 4.74 Å². The Balaban J connectivity index is 2.16. The van der Waals surface area contributed by atoms with Crippen molar-refractivity contribution in [2.24, 2.45) is 0 Å². The van der Waals surface area contributed by atoms with Gasteiger partial charge in [0.2, 0.25) is 5.88 Å². The molecular weight excluding hydrogens is 328 g/mol. The molecule has 2 aromatic heterocycles. The lowest BCUT2D eigenvalue weighted by atomic mass is 10.3. The quantitative estimate of drug-likeness (QED) is 0.916. The average Bonchev–Trinajstić information content (AvgIpc) is 2.78. The Kier molecular flexibility index (Phi) is 4.55. The molecular formula is C13H13BrN2O2S. The molecule has 1 amide bonds. The summed E-state index contributed by atoms with van der Waals surface area (Å²) < 4.78 is 6.47. The number of nitrogens with one attached hydrogen (secondary N) is 1. The zero-order chi connectivity index (χ0) is 13.8. The summed E-state index contributed by atoms with van der Waals surface area (Å²) >= 11 is 4.71. The summed E-state index contributed by atoms with van der Waals surface area (Å²) in [5.41, 5.74) is 0.575. The molecule has 6 heteroatoms. The van der Waals surface area contributed by atoms with Gasteiger partial charge in [0.05, 0.1) is 14.8 Å². The monoisotopic (exact) mass is 340 g/mol. The number of amides is 1. The van der Waals surface area contributed by atoms with E-state index in [1.165, 1.54) is 11.3 Å². The molecule has 1 N–H and O–H groups in total. The zero-order valence-corrected chi connectivity index (χ0v) is 12.9. The average molecular weight is 341 g/mol. The Morgan fingerprint density at radius 1 is 1.42 bits per heavy atom. The van der Waals surface area contributed by atoms with Gasteiger partial charge in [-0.05, 0) is 54.0 Å². The van der Waals surface area contributed by atoms with Crippen LogP contribution in [0.2, 0.25) is 0 Å². The van der Waals surface area contributed by atoms with Gasteiger partial charge in [0.1, 0.15) is 5.69 Å². The third-order valence-electron chi connectivity index (χ3n) is 2.16. The second kappa shape index (κ2) is 6.16. The predicted octanol–water partition coefficient (Wildman–Crippen LogP) is 3.95. The van der Waals surface area contributed by atoms with Crippen molar-refractivity contribution in [2.75, 3.05) is 5.32 Å². The minimum Gasteiger partial charge on any atom is -0.473 e. The first-order chi connectivity index (χ1) is 9.06. The van der Waals surface area contributed by atoms with E-state index in [1.807, 2.05) is 19.9 Å². The van der Waals surface area contributed by atoms with Gasteiger partial charge in [-0.2, -0.15) is 0 Å². The molecule has 0 aliphatic heterocycles. The molecule has 0 unspecified atom stereocenters. The van der Waals surface area contributed by atoms with Crippen molar-refractivity contribution in [3.8, 4) is 5.88 Å². The lowest BCUT2D eigenvalue weighted by molar-refractivity contribution is 0.102. The zero-order valence-electron chi connectivity index (χ0n) is 10.5. The van der Waals surface area contributed by atoms with Crippen LogP contribution in [0.3, 0.4) is 0 Å². The van der Waals surface area contributed by atoms with E-state index in [-0.39, 0.29) is 12.0 Å². The molecule has 0 aliphatic rings.